The lowest BCUT2D eigenvalue weighted by Gasteiger charge is -1.96. The second-order valence-electron chi connectivity index (χ2n) is 3.08. The average molecular weight is 266 g/mol. The first-order chi connectivity index (χ1) is 7.20. The molecule has 0 unspecified atom stereocenters. The van der Waals surface area contributed by atoms with Crippen molar-refractivity contribution in [3.8, 4) is 11.3 Å². The van der Waals surface area contributed by atoms with Crippen molar-refractivity contribution in [3.05, 3.63) is 40.4 Å². The van der Waals surface area contributed by atoms with Gasteiger partial charge in [-0.15, -0.1) is 0 Å². The number of benzene rings is 1. The van der Waals surface area contributed by atoms with E-state index in [-0.39, 0.29) is 5.89 Å². The van der Waals surface area contributed by atoms with Crippen LogP contribution in [0.4, 0.5) is 0 Å². The van der Waals surface area contributed by atoms with Crippen LogP contribution in [0.2, 0.25) is 0 Å². The summed E-state index contributed by atoms with van der Waals surface area (Å²) in [5.74, 6) is 0.768. The van der Waals surface area contributed by atoms with Crippen molar-refractivity contribution in [2.24, 2.45) is 0 Å². The summed E-state index contributed by atoms with van der Waals surface area (Å²) in [5, 5.41) is 0. The van der Waals surface area contributed by atoms with Crippen molar-refractivity contribution >= 4 is 22.2 Å². The van der Waals surface area contributed by atoms with E-state index in [1.165, 1.54) is 0 Å². The van der Waals surface area contributed by atoms with Gasteiger partial charge in [-0.2, -0.15) is 0 Å². The number of hydrogen-bond acceptors (Lipinski definition) is 3. The molecular weight excluding hydrogens is 258 g/mol. The molecule has 1 heterocycles. The summed E-state index contributed by atoms with van der Waals surface area (Å²) >= 11 is 3.36. The molecule has 0 fully saturated rings. The van der Waals surface area contributed by atoms with Crippen molar-refractivity contribution in [2.45, 2.75) is 6.92 Å². The van der Waals surface area contributed by atoms with Crippen molar-refractivity contribution in [1.82, 2.24) is 4.98 Å². The number of aromatic nitrogens is 1. The molecule has 2 rings (SSSR count). The van der Waals surface area contributed by atoms with E-state index in [0.29, 0.717) is 17.7 Å². The summed E-state index contributed by atoms with van der Waals surface area (Å²) < 4.78 is 6.16. The SMILES string of the molecule is Cc1oc(C=O)nc1-c1ccc(Br)cc1. The van der Waals surface area contributed by atoms with Crippen molar-refractivity contribution < 1.29 is 9.21 Å². The van der Waals surface area contributed by atoms with Gasteiger partial charge in [-0.25, -0.2) is 4.98 Å². The lowest BCUT2D eigenvalue weighted by molar-refractivity contribution is 0.109. The van der Waals surface area contributed by atoms with Gasteiger partial charge in [0.05, 0.1) is 0 Å². The quantitative estimate of drug-likeness (QED) is 0.784. The molecule has 0 saturated heterocycles. The molecule has 1 aromatic carbocycles. The Morgan fingerprint density at radius 1 is 1.33 bits per heavy atom. The Morgan fingerprint density at radius 3 is 2.53 bits per heavy atom. The third-order valence-electron chi connectivity index (χ3n) is 2.03. The highest BCUT2D eigenvalue weighted by Crippen LogP contribution is 2.24. The molecule has 0 atom stereocenters. The number of halogens is 1. The van der Waals surface area contributed by atoms with Crippen LogP contribution in [0.25, 0.3) is 11.3 Å². The fourth-order valence-corrected chi connectivity index (χ4v) is 1.61. The molecule has 0 spiro atoms. The van der Waals surface area contributed by atoms with Crippen molar-refractivity contribution in [1.29, 1.82) is 0 Å². The predicted molar refractivity (Wildman–Crippen MR) is 59.8 cm³/mol. The highest BCUT2D eigenvalue weighted by Gasteiger charge is 2.10. The van der Waals surface area contributed by atoms with Gasteiger partial charge < -0.3 is 4.42 Å². The third kappa shape index (κ3) is 1.99. The smallest absolute Gasteiger partial charge is 0.260 e. The van der Waals surface area contributed by atoms with E-state index in [1.54, 1.807) is 6.92 Å². The Bertz CT molecular complexity index is 488. The maximum atomic E-state index is 10.5. The molecule has 2 aromatic rings. The van der Waals surface area contributed by atoms with Crippen LogP contribution in [0.1, 0.15) is 16.4 Å². The van der Waals surface area contributed by atoms with Gasteiger partial charge in [0.2, 0.25) is 6.29 Å². The standard InChI is InChI=1S/C11H8BrNO2/c1-7-11(13-10(6-14)15-7)8-2-4-9(12)5-3-8/h2-6H,1H3. The van der Waals surface area contributed by atoms with Crippen LogP contribution in [0, 0.1) is 6.92 Å². The fraction of sp³-hybridized carbons (Fsp3) is 0.0909. The van der Waals surface area contributed by atoms with Gasteiger partial charge in [-0.3, -0.25) is 4.79 Å². The minimum Gasteiger partial charge on any atom is -0.439 e. The lowest BCUT2D eigenvalue weighted by atomic mass is 10.1. The highest BCUT2D eigenvalue weighted by atomic mass is 79.9. The number of carbonyl (C=O) groups is 1. The Hall–Kier alpha value is -1.42. The van der Waals surface area contributed by atoms with Gasteiger partial charge >= 0.3 is 0 Å². The molecule has 3 nitrogen and oxygen atoms in total. The van der Waals surface area contributed by atoms with E-state index in [2.05, 4.69) is 20.9 Å². The van der Waals surface area contributed by atoms with Gasteiger partial charge in [-0.05, 0) is 19.1 Å². The molecular formula is C11H8BrNO2. The van der Waals surface area contributed by atoms with Crippen LogP contribution in [0.15, 0.2) is 33.2 Å². The van der Waals surface area contributed by atoms with Gasteiger partial charge in [-0.1, -0.05) is 28.1 Å². The number of rotatable bonds is 2. The molecule has 0 aliphatic heterocycles. The number of aldehydes is 1. The van der Waals surface area contributed by atoms with E-state index in [0.717, 1.165) is 10.0 Å². The molecule has 0 amide bonds. The Morgan fingerprint density at radius 2 is 2.00 bits per heavy atom. The van der Waals surface area contributed by atoms with Crippen LogP contribution in [-0.2, 0) is 0 Å². The Balaban J connectivity index is 2.48. The zero-order chi connectivity index (χ0) is 10.8. The number of aryl methyl sites for hydroxylation is 1. The molecule has 1 aromatic heterocycles. The first-order valence-corrected chi connectivity index (χ1v) is 5.18. The first-order valence-electron chi connectivity index (χ1n) is 4.39. The van der Waals surface area contributed by atoms with E-state index in [4.69, 9.17) is 4.42 Å². The zero-order valence-corrected chi connectivity index (χ0v) is 9.61. The molecule has 0 aliphatic rings. The van der Waals surface area contributed by atoms with Gasteiger partial charge in [0, 0.05) is 10.0 Å². The van der Waals surface area contributed by atoms with Crippen LogP contribution in [0.3, 0.4) is 0 Å². The molecule has 0 saturated carbocycles. The van der Waals surface area contributed by atoms with Gasteiger partial charge in [0.25, 0.3) is 5.89 Å². The molecule has 0 N–H and O–H groups in total. The summed E-state index contributed by atoms with van der Waals surface area (Å²) in [7, 11) is 0. The van der Waals surface area contributed by atoms with Gasteiger partial charge in [0.15, 0.2) is 0 Å². The Labute approximate surface area is 95.3 Å². The lowest BCUT2D eigenvalue weighted by Crippen LogP contribution is -1.81. The second kappa shape index (κ2) is 3.98. The first kappa shape index (κ1) is 10.1. The minimum atomic E-state index is 0.116. The number of nitrogens with zero attached hydrogens (tertiary/aromatic N) is 1. The summed E-state index contributed by atoms with van der Waals surface area (Å²) in [4.78, 5) is 14.6. The maximum absolute atomic E-state index is 10.5. The van der Waals surface area contributed by atoms with Gasteiger partial charge in [0.1, 0.15) is 11.5 Å². The zero-order valence-electron chi connectivity index (χ0n) is 8.03. The van der Waals surface area contributed by atoms with Crippen LogP contribution < -0.4 is 0 Å². The average Bonchev–Trinajstić information content (AvgIpc) is 2.61. The topological polar surface area (TPSA) is 43.1 Å². The molecule has 4 heteroatoms. The number of hydrogen-bond donors (Lipinski definition) is 0. The van der Waals surface area contributed by atoms with Crippen LogP contribution in [0.5, 0.6) is 0 Å². The largest absolute Gasteiger partial charge is 0.439 e. The summed E-state index contributed by atoms with van der Waals surface area (Å²) in [6.45, 7) is 1.79. The molecule has 0 bridgehead atoms. The summed E-state index contributed by atoms with van der Waals surface area (Å²) in [5.41, 5.74) is 1.65. The van der Waals surface area contributed by atoms with Crippen molar-refractivity contribution in [3.63, 3.8) is 0 Å². The fourth-order valence-electron chi connectivity index (χ4n) is 1.34. The second-order valence-corrected chi connectivity index (χ2v) is 4.00. The summed E-state index contributed by atoms with van der Waals surface area (Å²) in [6, 6.07) is 7.68. The molecule has 0 radical (unpaired) electrons. The molecule has 15 heavy (non-hydrogen) atoms. The number of carbonyl (C=O) groups excluding carboxylic acids is 1. The van der Waals surface area contributed by atoms with Crippen LogP contribution in [-0.4, -0.2) is 11.3 Å². The predicted octanol–water partition coefficient (Wildman–Crippen LogP) is 3.23. The maximum Gasteiger partial charge on any atom is 0.260 e. The monoisotopic (exact) mass is 265 g/mol. The minimum absolute atomic E-state index is 0.116. The highest BCUT2D eigenvalue weighted by molar-refractivity contribution is 9.10. The van der Waals surface area contributed by atoms with Crippen LogP contribution >= 0.6 is 15.9 Å². The van der Waals surface area contributed by atoms with E-state index < -0.39 is 0 Å². The van der Waals surface area contributed by atoms with E-state index in [9.17, 15) is 4.79 Å². The summed E-state index contributed by atoms with van der Waals surface area (Å²) in [6.07, 6.45) is 0.607. The molecule has 0 aliphatic carbocycles. The van der Waals surface area contributed by atoms with E-state index >= 15 is 0 Å². The van der Waals surface area contributed by atoms with E-state index in [1.807, 2.05) is 24.3 Å². The van der Waals surface area contributed by atoms with Crippen molar-refractivity contribution in [2.75, 3.05) is 0 Å². The number of oxazole rings is 1. The third-order valence-corrected chi connectivity index (χ3v) is 2.56. The normalized spacial score (nSPS) is 10.3. The molecule has 76 valence electrons. The Kier molecular flexibility index (Phi) is 2.68.